The summed E-state index contributed by atoms with van der Waals surface area (Å²) in [6, 6.07) is 0. The van der Waals surface area contributed by atoms with Gasteiger partial charge in [0.25, 0.3) is 0 Å². The van der Waals surface area contributed by atoms with Gasteiger partial charge in [0.1, 0.15) is 5.82 Å². The number of fused-ring (bicyclic) bond motifs is 1. The predicted octanol–water partition coefficient (Wildman–Crippen LogP) is 2.07. The summed E-state index contributed by atoms with van der Waals surface area (Å²) in [5, 5.41) is 7.50. The Bertz CT molecular complexity index is 556. The van der Waals surface area contributed by atoms with Crippen LogP contribution in [0.2, 0.25) is 0 Å². The number of nitrogens with one attached hydrogen (secondary N) is 1. The standard InChI is InChI=1S/C13H19N5/c1-3-4-11-16-12-10(7-9-5-6-9)8-15-18(12)13(14-2)17-11/h8-9H,3-7H2,1-2H3,(H,14,16,17). The number of nitrogens with zero attached hydrogens (tertiary/aromatic N) is 4. The summed E-state index contributed by atoms with van der Waals surface area (Å²) >= 11 is 0. The highest BCUT2D eigenvalue weighted by molar-refractivity contribution is 5.51. The first-order chi connectivity index (χ1) is 8.81. The summed E-state index contributed by atoms with van der Waals surface area (Å²) in [6.07, 6.45) is 7.73. The highest BCUT2D eigenvalue weighted by atomic mass is 15.3. The Kier molecular flexibility index (Phi) is 2.89. The zero-order chi connectivity index (χ0) is 12.5. The van der Waals surface area contributed by atoms with Crippen molar-refractivity contribution in [3.63, 3.8) is 0 Å². The van der Waals surface area contributed by atoms with Gasteiger partial charge in [-0.1, -0.05) is 6.92 Å². The smallest absolute Gasteiger partial charge is 0.227 e. The Labute approximate surface area is 107 Å². The summed E-state index contributed by atoms with van der Waals surface area (Å²) in [4.78, 5) is 9.16. The fraction of sp³-hybridized carbons (Fsp3) is 0.615. The first-order valence-electron chi connectivity index (χ1n) is 6.73. The van der Waals surface area contributed by atoms with E-state index in [0.717, 1.165) is 42.6 Å². The molecule has 0 aliphatic heterocycles. The molecule has 1 fully saturated rings. The lowest BCUT2D eigenvalue weighted by atomic mass is 10.2. The van der Waals surface area contributed by atoms with Crippen LogP contribution in [-0.2, 0) is 12.8 Å². The molecule has 5 heteroatoms. The average molecular weight is 245 g/mol. The highest BCUT2D eigenvalue weighted by Gasteiger charge is 2.24. The highest BCUT2D eigenvalue weighted by Crippen LogP contribution is 2.33. The van der Waals surface area contributed by atoms with Crippen LogP contribution in [0.25, 0.3) is 5.65 Å². The lowest BCUT2D eigenvalue weighted by Gasteiger charge is -2.06. The van der Waals surface area contributed by atoms with Crippen molar-refractivity contribution in [3.8, 4) is 0 Å². The molecule has 1 N–H and O–H groups in total. The third-order valence-corrected chi connectivity index (χ3v) is 3.39. The average Bonchev–Trinajstić information content (AvgIpc) is 3.10. The maximum atomic E-state index is 4.66. The first kappa shape index (κ1) is 11.4. The number of hydrogen-bond donors (Lipinski definition) is 1. The molecular weight excluding hydrogens is 226 g/mol. The predicted molar refractivity (Wildman–Crippen MR) is 70.8 cm³/mol. The quantitative estimate of drug-likeness (QED) is 0.876. The van der Waals surface area contributed by atoms with Crippen LogP contribution < -0.4 is 5.32 Å². The normalized spacial score (nSPS) is 15.2. The Morgan fingerprint density at radius 2 is 2.22 bits per heavy atom. The lowest BCUT2D eigenvalue weighted by Crippen LogP contribution is -2.08. The van der Waals surface area contributed by atoms with E-state index in [4.69, 9.17) is 0 Å². The summed E-state index contributed by atoms with van der Waals surface area (Å²) < 4.78 is 1.82. The third-order valence-electron chi connectivity index (χ3n) is 3.39. The molecule has 2 aromatic heterocycles. The molecule has 0 radical (unpaired) electrons. The molecule has 2 aromatic rings. The summed E-state index contributed by atoms with van der Waals surface area (Å²) in [7, 11) is 1.87. The second kappa shape index (κ2) is 4.55. The van der Waals surface area contributed by atoms with Gasteiger partial charge in [-0.25, -0.2) is 4.98 Å². The number of rotatable bonds is 5. The van der Waals surface area contributed by atoms with Crippen molar-refractivity contribution in [2.24, 2.45) is 5.92 Å². The lowest BCUT2D eigenvalue weighted by molar-refractivity contribution is 0.796. The van der Waals surface area contributed by atoms with E-state index < -0.39 is 0 Å². The van der Waals surface area contributed by atoms with Crippen molar-refractivity contribution in [2.75, 3.05) is 12.4 Å². The number of anilines is 1. The van der Waals surface area contributed by atoms with Crippen LogP contribution in [0.5, 0.6) is 0 Å². The molecular formula is C13H19N5. The third kappa shape index (κ3) is 2.05. The Morgan fingerprint density at radius 1 is 1.39 bits per heavy atom. The van der Waals surface area contributed by atoms with Gasteiger partial charge in [-0.3, -0.25) is 0 Å². The zero-order valence-corrected chi connectivity index (χ0v) is 11.0. The molecule has 0 bridgehead atoms. The topological polar surface area (TPSA) is 55.1 Å². The van der Waals surface area contributed by atoms with Crippen molar-refractivity contribution in [1.29, 1.82) is 0 Å². The SMILES string of the molecule is CCCc1nc(NC)n2ncc(CC3CC3)c2n1. The van der Waals surface area contributed by atoms with Crippen molar-refractivity contribution in [1.82, 2.24) is 19.6 Å². The second-order valence-electron chi connectivity index (χ2n) is 5.02. The molecule has 96 valence electrons. The zero-order valence-electron chi connectivity index (χ0n) is 11.0. The molecule has 1 saturated carbocycles. The molecule has 1 aliphatic rings. The van der Waals surface area contributed by atoms with Gasteiger partial charge in [0.15, 0.2) is 5.65 Å². The minimum absolute atomic E-state index is 0.783. The van der Waals surface area contributed by atoms with Gasteiger partial charge in [-0.2, -0.15) is 14.6 Å². The molecule has 0 atom stereocenters. The fourth-order valence-corrected chi connectivity index (χ4v) is 2.24. The van der Waals surface area contributed by atoms with Crippen LogP contribution in [0, 0.1) is 5.92 Å². The second-order valence-corrected chi connectivity index (χ2v) is 5.02. The van der Waals surface area contributed by atoms with E-state index in [-0.39, 0.29) is 0 Å². The molecule has 0 saturated heterocycles. The fourth-order valence-electron chi connectivity index (χ4n) is 2.24. The largest absolute Gasteiger partial charge is 0.357 e. The number of aryl methyl sites for hydroxylation is 1. The van der Waals surface area contributed by atoms with E-state index in [1.807, 2.05) is 17.8 Å². The van der Waals surface area contributed by atoms with Crippen LogP contribution in [0.3, 0.4) is 0 Å². The van der Waals surface area contributed by atoms with Crippen LogP contribution in [0.4, 0.5) is 5.95 Å². The number of aromatic nitrogens is 4. The van der Waals surface area contributed by atoms with Crippen molar-refractivity contribution in [2.45, 2.75) is 39.0 Å². The summed E-state index contributed by atoms with van der Waals surface area (Å²) in [6.45, 7) is 2.15. The van der Waals surface area contributed by atoms with E-state index in [1.54, 1.807) is 0 Å². The van der Waals surface area contributed by atoms with E-state index >= 15 is 0 Å². The van der Waals surface area contributed by atoms with Gasteiger partial charge in [-0.05, 0) is 31.6 Å². The van der Waals surface area contributed by atoms with Crippen LogP contribution in [-0.4, -0.2) is 26.6 Å². The van der Waals surface area contributed by atoms with Gasteiger partial charge in [0.2, 0.25) is 5.95 Å². The molecule has 3 rings (SSSR count). The molecule has 2 heterocycles. The van der Waals surface area contributed by atoms with Crippen molar-refractivity contribution < 1.29 is 0 Å². The minimum Gasteiger partial charge on any atom is -0.357 e. The molecule has 0 amide bonds. The maximum Gasteiger partial charge on any atom is 0.227 e. The monoisotopic (exact) mass is 245 g/mol. The number of hydrogen-bond acceptors (Lipinski definition) is 4. The van der Waals surface area contributed by atoms with E-state index in [2.05, 4.69) is 27.3 Å². The maximum absolute atomic E-state index is 4.66. The first-order valence-corrected chi connectivity index (χ1v) is 6.73. The van der Waals surface area contributed by atoms with Crippen molar-refractivity contribution in [3.05, 3.63) is 17.6 Å². The molecule has 0 aromatic carbocycles. The van der Waals surface area contributed by atoms with Crippen LogP contribution >= 0.6 is 0 Å². The Morgan fingerprint density at radius 3 is 2.89 bits per heavy atom. The Balaban J connectivity index is 2.06. The molecule has 18 heavy (non-hydrogen) atoms. The van der Waals surface area contributed by atoms with Crippen LogP contribution in [0.15, 0.2) is 6.20 Å². The van der Waals surface area contributed by atoms with Gasteiger partial charge in [0, 0.05) is 19.0 Å². The summed E-state index contributed by atoms with van der Waals surface area (Å²) in [5.74, 6) is 2.54. The van der Waals surface area contributed by atoms with E-state index in [9.17, 15) is 0 Å². The van der Waals surface area contributed by atoms with Gasteiger partial charge < -0.3 is 5.32 Å². The molecule has 5 nitrogen and oxygen atoms in total. The van der Waals surface area contributed by atoms with E-state index in [1.165, 1.54) is 18.4 Å². The van der Waals surface area contributed by atoms with Gasteiger partial charge in [0.05, 0.1) is 6.20 Å². The van der Waals surface area contributed by atoms with Crippen LogP contribution in [0.1, 0.15) is 37.6 Å². The minimum atomic E-state index is 0.783. The summed E-state index contributed by atoms with van der Waals surface area (Å²) in [5.41, 5.74) is 2.23. The molecule has 0 spiro atoms. The molecule has 1 aliphatic carbocycles. The van der Waals surface area contributed by atoms with E-state index in [0.29, 0.717) is 0 Å². The van der Waals surface area contributed by atoms with Gasteiger partial charge >= 0.3 is 0 Å². The van der Waals surface area contributed by atoms with Gasteiger partial charge in [-0.15, -0.1) is 0 Å². The molecule has 0 unspecified atom stereocenters. The Hall–Kier alpha value is -1.65. The van der Waals surface area contributed by atoms with Crippen molar-refractivity contribution >= 4 is 11.6 Å².